The fourth-order valence-corrected chi connectivity index (χ4v) is 2.93. The minimum Gasteiger partial charge on any atom is -0.444 e. The molecule has 0 heterocycles. The SMILES string of the molecule is CC(C)N(CCNC1CCCCCCC1)C(=O)OC(C)(C)C. The van der Waals surface area contributed by atoms with Crippen molar-refractivity contribution in [1.82, 2.24) is 10.2 Å². The van der Waals surface area contributed by atoms with Crippen LogP contribution in [-0.4, -0.2) is 41.8 Å². The zero-order chi connectivity index (χ0) is 16.6. The van der Waals surface area contributed by atoms with E-state index in [4.69, 9.17) is 4.74 Å². The van der Waals surface area contributed by atoms with Crippen molar-refractivity contribution in [3.63, 3.8) is 0 Å². The number of carbonyl (C=O) groups excluding carboxylic acids is 1. The van der Waals surface area contributed by atoms with Gasteiger partial charge in [-0.25, -0.2) is 4.79 Å². The summed E-state index contributed by atoms with van der Waals surface area (Å²) < 4.78 is 5.50. The highest BCUT2D eigenvalue weighted by atomic mass is 16.6. The fourth-order valence-electron chi connectivity index (χ4n) is 2.93. The van der Waals surface area contributed by atoms with Crippen LogP contribution in [0.3, 0.4) is 0 Å². The van der Waals surface area contributed by atoms with Crippen LogP contribution in [-0.2, 0) is 4.74 Å². The van der Waals surface area contributed by atoms with E-state index in [0.29, 0.717) is 12.6 Å². The van der Waals surface area contributed by atoms with E-state index in [1.54, 1.807) is 0 Å². The van der Waals surface area contributed by atoms with Gasteiger partial charge in [0.1, 0.15) is 5.60 Å². The lowest BCUT2D eigenvalue weighted by Crippen LogP contribution is -2.45. The van der Waals surface area contributed by atoms with Crippen molar-refractivity contribution in [2.24, 2.45) is 0 Å². The van der Waals surface area contributed by atoms with Crippen molar-refractivity contribution in [1.29, 1.82) is 0 Å². The molecule has 0 aromatic heterocycles. The summed E-state index contributed by atoms with van der Waals surface area (Å²) in [7, 11) is 0. The second-order valence-corrected chi connectivity index (χ2v) is 7.76. The van der Waals surface area contributed by atoms with Gasteiger partial charge in [0.25, 0.3) is 0 Å². The van der Waals surface area contributed by atoms with Gasteiger partial charge >= 0.3 is 6.09 Å². The van der Waals surface area contributed by atoms with E-state index >= 15 is 0 Å². The van der Waals surface area contributed by atoms with Crippen molar-refractivity contribution in [2.45, 2.75) is 97.2 Å². The normalized spacial score (nSPS) is 17.9. The largest absolute Gasteiger partial charge is 0.444 e. The molecule has 0 aromatic carbocycles. The van der Waals surface area contributed by atoms with E-state index in [-0.39, 0.29) is 12.1 Å². The number of ether oxygens (including phenoxy) is 1. The van der Waals surface area contributed by atoms with E-state index in [2.05, 4.69) is 5.32 Å². The van der Waals surface area contributed by atoms with Crippen molar-refractivity contribution >= 4 is 6.09 Å². The van der Waals surface area contributed by atoms with Crippen molar-refractivity contribution in [3.8, 4) is 0 Å². The molecule has 1 aliphatic rings. The number of nitrogens with one attached hydrogen (secondary N) is 1. The summed E-state index contributed by atoms with van der Waals surface area (Å²) in [4.78, 5) is 14.1. The third-order valence-electron chi connectivity index (χ3n) is 4.14. The molecule has 0 saturated heterocycles. The van der Waals surface area contributed by atoms with Gasteiger partial charge in [-0.2, -0.15) is 0 Å². The zero-order valence-corrected chi connectivity index (χ0v) is 15.3. The standard InChI is InChI=1S/C18H36N2O2/c1-15(2)20(17(21)22-18(3,4)5)14-13-19-16-11-9-7-6-8-10-12-16/h15-16,19H,6-14H2,1-5H3. The summed E-state index contributed by atoms with van der Waals surface area (Å²) in [5.74, 6) is 0. The Labute approximate surface area is 137 Å². The molecule has 130 valence electrons. The van der Waals surface area contributed by atoms with Gasteiger partial charge in [0, 0.05) is 25.2 Å². The zero-order valence-electron chi connectivity index (χ0n) is 15.3. The minimum absolute atomic E-state index is 0.161. The van der Waals surface area contributed by atoms with E-state index in [1.807, 2.05) is 39.5 Å². The molecule has 1 N–H and O–H groups in total. The smallest absolute Gasteiger partial charge is 0.410 e. The van der Waals surface area contributed by atoms with Gasteiger partial charge in [0.15, 0.2) is 0 Å². The Hall–Kier alpha value is -0.770. The van der Waals surface area contributed by atoms with Gasteiger partial charge in [-0.05, 0) is 47.5 Å². The maximum atomic E-state index is 12.3. The topological polar surface area (TPSA) is 41.6 Å². The van der Waals surface area contributed by atoms with Crippen LogP contribution in [0.5, 0.6) is 0 Å². The number of rotatable bonds is 5. The molecule has 4 nitrogen and oxygen atoms in total. The number of hydrogen-bond donors (Lipinski definition) is 1. The second-order valence-electron chi connectivity index (χ2n) is 7.76. The monoisotopic (exact) mass is 312 g/mol. The lowest BCUT2D eigenvalue weighted by Gasteiger charge is -2.31. The van der Waals surface area contributed by atoms with Crippen LogP contribution in [0.25, 0.3) is 0 Å². The molecule has 1 fully saturated rings. The third kappa shape index (κ3) is 8.02. The number of carbonyl (C=O) groups is 1. The van der Waals surface area contributed by atoms with Crippen LogP contribution in [0, 0.1) is 0 Å². The lowest BCUT2D eigenvalue weighted by atomic mass is 9.97. The Morgan fingerprint density at radius 1 is 1.14 bits per heavy atom. The highest BCUT2D eigenvalue weighted by Gasteiger charge is 2.24. The average Bonchev–Trinajstić information content (AvgIpc) is 2.33. The van der Waals surface area contributed by atoms with Crippen LogP contribution in [0.4, 0.5) is 4.79 Å². The molecular weight excluding hydrogens is 276 g/mol. The Balaban J connectivity index is 2.38. The molecule has 4 heteroatoms. The summed E-state index contributed by atoms with van der Waals surface area (Å²) in [6.45, 7) is 11.4. The Morgan fingerprint density at radius 3 is 2.18 bits per heavy atom. The van der Waals surface area contributed by atoms with Gasteiger partial charge in [-0.1, -0.05) is 32.1 Å². The molecule has 0 spiro atoms. The molecule has 0 aromatic rings. The minimum atomic E-state index is -0.433. The average molecular weight is 312 g/mol. The van der Waals surface area contributed by atoms with Gasteiger partial charge in [-0.3, -0.25) is 0 Å². The molecule has 1 aliphatic carbocycles. The number of amides is 1. The Kier molecular flexibility index (Phi) is 8.23. The van der Waals surface area contributed by atoms with Crippen LogP contribution in [0.1, 0.15) is 79.6 Å². The highest BCUT2D eigenvalue weighted by molar-refractivity contribution is 5.68. The molecule has 0 atom stereocenters. The summed E-state index contributed by atoms with van der Waals surface area (Å²) in [5.41, 5.74) is -0.433. The number of nitrogens with zero attached hydrogens (tertiary/aromatic N) is 1. The lowest BCUT2D eigenvalue weighted by molar-refractivity contribution is 0.0192. The van der Waals surface area contributed by atoms with Crippen molar-refractivity contribution in [3.05, 3.63) is 0 Å². The fraction of sp³-hybridized carbons (Fsp3) is 0.944. The number of hydrogen-bond acceptors (Lipinski definition) is 3. The van der Waals surface area contributed by atoms with E-state index in [1.165, 1.54) is 44.9 Å². The molecule has 0 unspecified atom stereocenters. The quantitative estimate of drug-likeness (QED) is 0.821. The van der Waals surface area contributed by atoms with Gasteiger partial charge in [0.05, 0.1) is 0 Å². The van der Waals surface area contributed by atoms with Gasteiger partial charge < -0.3 is 15.0 Å². The third-order valence-corrected chi connectivity index (χ3v) is 4.14. The molecule has 22 heavy (non-hydrogen) atoms. The molecule has 0 radical (unpaired) electrons. The van der Waals surface area contributed by atoms with Crippen LogP contribution >= 0.6 is 0 Å². The second kappa shape index (κ2) is 9.39. The van der Waals surface area contributed by atoms with Crippen LogP contribution in [0.15, 0.2) is 0 Å². The molecule has 0 aliphatic heterocycles. The molecule has 1 amide bonds. The molecular formula is C18H36N2O2. The molecule has 0 bridgehead atoms. The summed E-state index contributed by atoms with van der Waals surface area (Å²) >= 11 is 0. The van der Waals surface area contributed by atoms with E-state index in [0.717, 1.165) is 6.54 Å². The maximum Gasteiger partial charge on any atom is 0.410 e. The first-order chi connectivity index (χ1) is 10.3. The predicted octanol–water partition coefficient (Wildman–Crippen LogP) is 4.33. The van der Waals surface area contributed by atoms with Crippen molar-refractivity contribution < 1.29 is 9.53 Å². The van der Waals surface area contributed by atoms with Crippen molar-refractivity contribution in [2.75, 3.05) is 13.1 Å². The van der Waals surface area contributed by atoms with Gasteiger partial charge in [0.2, 0.25) is 0 Å². The van der Waals surface area contributed by atoms with Gasteiger partial charge in [-0.15, -0.1) is 0 Å². The predicted molar refractivity (Wildman–Crippen MR) is 92.2 cm³/mol. The summed E-state index contributed by atoms with van der Waals surface area (Å²) in [6.07, 6.45) is 9.13. The molecule has 1 rings (SSSR count). The van der Waals surface area contributed by atoms with E-state index < -0.39 is 5.60 Å². The molecule has 1 saturated carbocycles. The maximum absolute atomic E-state index is 12.3. The van der Waals surface area contributed by atoms with Crippen LogP contribution in [0.2, 0.25) is 0 Å². The van der Waals surface area contributed by atoms with E-state index in [9.17, 15) is 4.79 Å². The Morgan fingerprint density at radius 2 is 1.68 bits per heavy atom. The summed E-state index contributed by atoms with van der Waals surface area (Å²) in [6, 6.07) is 0.780. The first kappa shape index (κ1) is 19.3. The summed E-state index contributed by atoms with van der Waals surface area (Å²) in [5, 5.41) is 3.64. The van der Waals surface area contributed by atoms with Crippen LogP contribution < -0.4 is 5.32 Å². The highest BCUT2D eigenvalue weighted by Crippen LogP contribution is 2.17. The first-order valence-corrected chi connectivity index (χ1v) is 9.02. The first-order valence-electron chi connectivity index (χ1n) is 9.02. The Bertz CT molecular complexity index is 316.